The van der Waals surface area contributed by atoms with E-state index in [1.54, 1.807) is 11.8 Å². The maximum atomic E-state index is 13.1. The van der Waals surface area contributed by atoms with E-state index in [1.165, 1.54) is 0 Å². The van der Waals surface area contributed by atoms with Crippen LogP contribution in [0.15, 0.2) is 64.6 Å². The minimum atomic E-state index is -0.652. The SMILES string of the molecule is O=C1c2ccccc2SC[C@]12NN=C[C@@H]2c1ccccc1. The van der Waals surface area contributed by atoms with Crippen molar-refractivity contribution in [2.75, 3.05) is 5.75 Å². The van der Waals surface area contributed by atoms with Gasteiger partial charge in [0.1, 0.15) is 5.54 Å². The Morgan fingerprint density at radius 2 is 1.86 bits per heavy atom. The average Bonchev–Trinajstić information content (AvgIpc) is 2.97. The fraction of sp³-hybridized carbons (Fsp3) is 0.176. The Kier molecular flexibility index (Phi) is 2.86. The highest BCUT2D eigenvalue weighted by Crippen LogP contribution is 2.43. The summed E-state index contributed by atoms with van der Waals surface area (Å²) in [6.07, 6.45) is 1.86. The van der Waals surface area contributed by atoms with Gasteiger partial charge in [-0.2, -0.15) is 5.10 Å². The third-order valence-electron chi connectivity index (χ3n) is 4.17. The van der Waals surface area contributed by atoms with Crippen LogP contribution in [0.4, 0.5) is 0 Å². The molecule has 1 spiro atoms. The van der Waals surface area contributed by atoms with Crippen molar-refractivity contribution in [1.29, 1.82) is 0 Å². The zero-order valence-corrected chi connectivity index (χ0v) is 12.1. The number of thioether (sulfide) groups is 1. The van der Waals surface area contributed by atoms with Gasteiger partial charge in [0.15, 0.2) is 5.78 Å². The molecular formula is C17H14N2OS. The van der Waals surface area contributed by atoms with Crippen molar-refractivity contribution in [3.05, 3.63) is 65.7 Å². The van der Waals surface area contributed by atoms with Crippen LogP contribution in [0.3, 0.4) is 0 Å². The zero-order chi connectivity index (χ0) is 14.3. The maximum absolute atomic E-state index is 13.1. The van der Waals surface area contributed by atoms with Crippen molar-refractivity contribution in [2.45, 2.75) is 16.4 Å². The quantitative estimate of drug-likeness (QED) is 0.879. The van der Waals surface area contributed by atoms with Gasteiger partial charge in [-0.1, -0.05) is 48.5 Å². The molecule has 0 saturated heterocycles. The van der Waals surface area contributed by atoms with Crippen LogP contribution in [-0.4, -0.2) is 23.3 Å². The lowest BCUT2D eigenvalue weighted by atomic mass is 9.77. The van der Waals surface area contributed by atoms with Crippen LogP contribution < -0.4 is 5.43 Å². The summed E-state index contributed by atoms with van der Waals surface area (Å²) in [4.78, 5) is 14.1. The number of Topliss-reactive ketones (excluding diaryl/α,β-unsaturated/α-hetero) is 1. The molecular weight excluding hydrogens is 280 g/mol. The van der Waals surface area contributed by atoms with Crippen molar-refractivity contribution in [2.24, 2.45) is 5.10 Å². The van der Waals surface area contributed by atoms with Crippen LogP contribution in [0.2, 0.25) is 0 Å². The number of benzene rings is 2. The number of fused-ring (bicyclic) bond motifs is 1. The number of hydrazone groups is 1. The maximum Gasteiger partial charge on any atom is 0.192 e. The Balaban J connectivity index is 1.80. The number of carbonyl (C=O) groups is 1. The van der Waals surface area contributed by atoms with Crippen LogP contribution in [0.25, 0.3) is 0 Å². The fourth-order valence-corrected chi connectivity index (χ4v) is 4.30. The molecule has 0 bridgehead atoms. The first-order chi connectivity index (χ1) is 10.3. The van der Waals surface area contributed by atoms with Crippen molar-refractivity contribution in [1.82, 2.24) is 5.43 Å². The predicted octanol–water partition coefficient (Wildman–Crippen LogP) is 3.09. The molecule has 0 aromatic heterocycles. The van der Waals surface area contributed by atoms with Gasteiger partial charge in [0.05, 0.1) is 5.92 Å². The highest BCUT2D eigenvalue weighted by Gasteiger charge is 2.51. The minimum Gasteiger partial charge on any atom is -0.295 e. The lowest BCUT2D eigenvalue weighted by molar-refractivity contribution is 0.0867. The monoisotopic (exact) mass is 294 g/mol. The molecule has 2 heterocycles. The average molecular weight is 294 g/mol. The third kappa shape index (κ3) is 1.83. The predicted molar refractivity (Wildman–Crippen MR) is 85.0 cm³/mol. The molecule has 0 aliphatic carbocycles. The number of hydrogen-bond donors (Lipinski definition) is 1. The molecule has 4 rings (SSSR count). The van der Waals surface area contributed by atoms with Crippen molar-refractivity contribution < 1.29 is 4.79 Å². The van der Waals surface area contributed by atoms with Crippen molar-refractivity contribution in [3.8, 4) is 0 Å². The largest absolute Gasteiger partial charge is 0.295 e. The van der Waals surface area contributed by atoms with Crippen LogP contribution in [0.1, 0.15) is 21.8 Å². The molecule has 2 aliphatic heterocycles. The molecule has 21 heavy (non-hydrogen) atoms. The first-order valence-corrected chi connectivity index (χ1v) is 7.92. The Morgan fingerprint density at radius 3 is 2.71 bits per heavy atom. The molecule has 0 saturated carbocycles. The standard InChI is InChI=1S/C17H14N2OS/c20-16-13-8-4-5-9-15(13)21-11-17(16)14(10-18-19-17)12-6-2-1-3-7-12/h1-10,14,19H,11H2/t14-,17-/m1/s1. The van der Waals surface area contributed by atoms with Crippen molar-refractivity contribution in [3.63, 3.8) is 0 Å². The van der Waals surface area contributed by atoms with E-state index in [1.807, 2.05) is 48.7 Å². The molecule has 2 aliphatic rings. The number of hydrogen-bond acceptors (Lipinski definition) is 4. The van der Waals surface area contributed by atoms with Gasteiger partial charge in [0, 0.05) is 22.4 Å². The van der Waals surface area contributed by atoms with Crippen LogP contribution in [0.5, 0.6) is 0 Å². The number of carbonyl (C=O) groups excluding carboxylic acids is 1. The lowest BCUT2D eigenvalue weighted by Gasteiger charge is -2.36. The van der Waals surface area contributed by atoms with Gasteiger partial charge in [0.25, 0.3) is 0 Å². The number of nitrogens with one attached hydrogen (secondary N) is 1. The van der Waals surface area contributed by atoms with E-state index in [0.29, 0.717) is 5.75 Å². The molecule has 0 fully saturated rings. The smallest absolute Gasteiger partial charge is 0.192 e. The van der Waals surface area contributed by atoms with Gasteiger partial charge in [-0.05, 0) is 11.6 Å². The lowest BCUT2D eigenvalue weighted by Crippen LogP contribution is -2.55. The van der Waals surface area contributed by atoms with Gasteiger partial charge in [-0.25, -0.2) is 0 Å². The van der Waals surface area contributed by atoms with E-state index in [9.17, 15) is 4.79 Å². The van der Waals surface area contributed by atoms with E-state index in [4.69, 9.17) is 0 Å². The molecule has 0 unspecified atom stereocenters. The highest BCUT2D eigenvalue weighted by molar-refractivity contribution is 7.99. The van der Waals surface area contributed by atoms with Gasteiger partial charge in [-0.15, -0.1) is 11.8 Å². The number of rotatable bonds is 1. The van der Waals surface area contributed by atoms with Crippen LogP contribution in [-0.2, 0) is 0 Å². The van der Waals surface area contributed by atoms with E-state index >= 15 is 0 Å². The minimum absolute atomic E-state index is 0.0212. The summed E-state index contributed by atoms with van der Waals surface area (Å²) in [5.41, 5.74) is 4.38. The summed E-state index contributed by atoms with van der Waals surface area (Å²) >= 11 is 1.72. The molecule has 1 N–H and O–H groups in total. The molecule has 104 valence electrons. The second-order valence-corrected chi connectivity index (χ2v) is 6.38. The normalized spacial score (nSPS) is 26.7. The fourth-order valence-electron chi connectivity index (χ4n) is 3.05. The topological polar surface area (TPSA) is 41.5 Å². The second kappa shape index (κ2) is 4.74. The summed E-state index contributed by atoms with van der Waals surface area (Å²) in [6.45, 7) is 0. The summed E-state index contributed by atoms with van der Waals surface area (Å²) in [7, 11) is 0. The van der Waals surface area contributed by atoms with Gasteiger partial charge >= 0.3 is 0 Å². The zero-order valence-electron chi connectivity index (χ0n) is 11.3. The Hall–Kier alpha value is -2.07. The van der Waals surface area contributed by atoms with Crippen LogP contribution in [0, 0.1) is 0 Å². The summed E-state index contributed by atoms with van der Waals surface area (Å²) in [6, 6.07) is 17.9. The summed E-state index contributed by atoms with van der Waals surface area (Å²) in [5.74, 6) is 0.817. The highest BCUT2D eigenvalue weighted by atomic mass is 32.2. The van der Waals surface area contributed by atoms with E-state index in [-0.39, 0.29) is 11.7 Å². The Labute approximate surface area is 127 Å². The van der Waals surface area contributed by atoms with Gasteiger partial charge < -0.3 is 0 Å². The molecule has 2 aromatic rings. The molecule has 0 amide bonds. The Morgan fingerprint density at radius 1 is 1.10 bits per heavy atom. The van der Waals surface area contributed by atoms with E-state index < -0.39 is 5.54 Å². The Bertz CT molecular complexity index is 729. The van der Waals surface area contributed by atoms with Crippen LogP contribution >= 0.6 is 11.8 Å². The molecule has 2 atom stereocenters. The van der Waals surface area contributed by atoms with Gasteiger partial charge in [0.2, 0.25) is 0 Å². The summed E-state index contributed by atoms with van der Waals surface area (Å²) in [5, 5.41) is 4.23. The van der Waals surface area contributed by atoms with Gasteiger partial charge in [-0.3, -0.25) is 10.2 Å². The second-order valence-electron chi connectivity index (χ2n) is 5.36. The summed E-state index contributed by atoms with van der Waals surface area (Å²) < 4.78 is 0. The van der Waals surface area contributed by atoms with Crippen molar-refractivity contribution >= 4 is 23.8 Å². The first kappa shape index (κ1) is 12.7. The van der Waals surface area contributed by atoms with E-state index in [0.717, 1.165) is 16.0 Å². The number of ketones is 1. The molecule has 2 aromatic carbocycles. The van der Waals surface area contributed by atoms with E-state index in [2.05, 4.69) is 22.7 Å². The number of nitrogens with zero attached hydrogens (tertiary/aromatic N) is 1. The molecule has 4 heteroatoms. The third-order valence-corrected chi connectivity index (χ3v) is 5.44. The first-order valence-electron chi connectivity index (χ1n) is 6.93. The molecule has 0 radical (unpaired) electrons. The molecule has 3 nitrogen and oxygen atoms in total.